The van der Waals surface area contributed by atoms with Crippen LogP contribution >= 0.6 is 0 Å². The number of carbonyl (C=O) groups is 1. The number of hydrogen-bond donors (Lipinski definition) is 1. The van der Waals surface area contributed by atoms with Crippen LogP contribution in [0, 0.1) is 13.8 Å². The highest BCUT2D eigenvalue weighted by atomic mass is 32.2. The van der Waals surface area contributed by atoms with E-state index in [0.29, 0.717) is 23.2 Å². The van der Waals surface area contributed by atoms with E-state index < -0.39 is 16.0 Å². The minimum atomic E-state index is -3.77. The SMILES string of the molecule is CCCN(CC(=O)OC)S(=O)(=O)c1c(C)cc(N)cc1C. The summed E-state index contributed by atoms with van der Waals surface area (Å²) in [6, 6.07) is 3.23. The Labute approximate surface area is 125 Å². The number of nitrogen functional groups attached to an aromatic ring is 1. The van der Waals surface area contributed by atoms with Crippen molar-refractivity contribution in [3.63, 3.8) is 0 Å². The van der Waals surface area contributed by atoms with Gasteiger partial charge in [-0.25, -0.2) is 8.42 Å². The summed E-state index contributed by atoms with van der Waals surface area (Å²) in [5.41, 5.74) is 7.38. The fraction of sp³-hybridized carbons (Fsp3) is 0.500. The molecule has 0 heterocycles. The molecule has 1 aromatic rings. The predicted molar refractivity (Wildman–Crippen MR) is 81.4 cm³/mol. The van der Waals surface area contributed by atoms with Crippen molar-refractivity contribution in [3.05, 3.63) is 23.3 Å². The number of carbonyl (C=O) groups excluding carboxylic acids is 1. The summed E-state index contributed by atoms with van der Waals surface area (Å²) in [6.45, 7) is 5.19. The van der Waals surface area contributed by atoms with Crippen molar-refractivity contribution in [2.45, 2.75) is 32.1 Å². The third-order valence-corrected chi connectivity index (χ3v) is 5.24. The van der Waals surface area contributed by atoms with Crippen molar-refractivity contribution in [1.82, 2.24) is 4.31 Å². The van der Waals surface area contributed by atoms with Crippen LogP contribution in [0.15, 0.2) is 17.0 Å². The van der Waals surface area contributed by atoms with E-state index in [9.17, 15) is 13.2 Å². The van der Waals surface area contributed by atoms with Crippen LogP contribution in [0.2, 0.25) is 0 Å². The highest BCUT2D eigenvalue weighted by Crippen LogP contribution is 2.26. The molecule has 0 aliphatic carbocycles. The minimum absolute atomic E-state index is 0.203. The molecule has 0 spiro atoms. The first-order chi connectivity index (χ1) is 9.73. The lowest BCUT2D eigenvalue weighted by Crippen LogP contribution is -2.37. The number of anilines is 1. The standard InChI is InChI=1S/C14H22N2O4S/c1-5-6-16(9-13(17)20-4)21(18,19)14-10(2)7-12(15)8-11(14)3/h7-8H,5-6,9,15H2,1-4H3. The first-order valence-corrected chi connectivity index (χ1v) is 8.11. The largest absolute Gasteiger partial charge is 0.468 e. The van der Waals surface area contributed by atoms with Crippen molar-refractivity contribution in [1.29, 1.82) is 0 Å². The van der Waals surface area contributed by atoms with Crippen LogP contribution in [0.1, 0.15) is 24.5 Å². The summed E-state index contributed by atoms with van der Waals surface area (Å²) >= 11 is 0. The maximum atomic E-state index is 12.8. The molecule has 0 radical (unpaired) electrons. The number of esters is 1. The van der Waals surface area contributed by atoms with E-state index in [1.165, 1.54) is 7.11 Å². The summed E-state index contributed by atoms with van der Waals surface area (Å²) in [5, 5.41) is 0. The molecule has 1 rings (SSSR count). The Kier molecular flexibility index (Phi) is 5.74. The zero-order valence-electron chi connectivity index (χ0n) is 12.8. The molecule has 0 unspecified atom stereocenters. The van der Waals surface area contributed by atoms with Crippen LogP contribution in [0.3, 0.4) is 0 Å². The second-order valence-corrected chi connectivity index (χ2v) is 6.77. The number of nitrogens with zero attached hydrogens (tertiary/aromatic N) is 1. The molecule has 0 bridgehead atoms. The van der Waals surface area contributed by atoms with Crippen molar-refractivity contribution in [2.24, 2.45) is 0 Å². The summed E-state index contributed by atoms with van der Waals surface area (Å²) in [5.74, 6) is -0.585. The zero-order chi connectivity index (χ0) is 16.2. The normalized spacial score (nSPS) is 11.7. The number of benzene rings is 1. The lowest BCUT2D eigenvalue weighted by Gasteiger charge is -2.22. The van der Waals surface area contributed by atoms with Crippen LogP contribution in [-0.4, -0.2) is 38.9 Å². The summed E-state index contributed by atoms with van der Waals surface area (Å²) in [4.78, 5) is 11.7. The van der Waals surface area contributed by atoms with Crippen LogP contribution in [0.4, 0.5) is 5.69 Å². The smallest absolute Gasteiger partial charge is 0.321 e. The lowest BCUT2D eigenvalue weighted by molar-refractivity contribution is -0.140. The summed E-state index contributed by atoms with van der Waals surface area (Å²) < 4.78 is 31.3. The molecule has 6 nitrogen and oxygen atoms in total. The van der Waals surface area contributed by atoms with Gasteiger partial charge >= 0.3 is 5.97 Å². The third-order valence-electron chi connectivity index (χ3n) is 3.09. The van der Waals surface area contributed by atoms with E-state index in [4.69, 9.17) is 5.73 Å². The molecule has 1 aromatic carbocycles. The summed E-state index contributed by atoms with van der Waals surface area (Å²) in [7, 11) is -2.53. The minimum Gasteiger partial charge on any atom is -0.468 e. The molecule has 0 saturated heterocycles. The molecular weight excluding hydrogens is 292 g/mol. The van der Waals surface area contributed by atoms with Gasteiger partial charge in [-0.15, -0.1) is 0 Å². The van der Waals surface area contributed by atoms with Gasteiger partial charge in [0.05, 0.1) is 12.0 Å². The first kappa shape index (κ1) is 17.5. The maximum Gasteiger partial charge on any atom is 0.321 e. The monoisotopic (exact) mass is 314 g/mol. The lowest BCUT2D eigenvalue weighted by atomic mass is 10.1. The quantitative estimate of drug-likeness (QED) is 0.634. The number of hydrogen-bond acceptors (Lipinski definition) is 5. The van der Waals surface area contributed by atoms with Gasteiger partial charge in [-0.05, 0) is 43.5 Å². The van der Waals surface area contributed by atoms with Crippen molar-refractivity contribution < 1.29 is 17.9 Å². The van der Waals surface area contributed by atoms with E-state index in [1.807, 2.05) is 6.92 Å². The Morgan fingerprint density at radius 2 is 1.81 bits per heavy atom. The topological polar surface area (TPSA) is 89.7 Å². The highest BCUT2D eigenvalue weighted by Gasteiger charge is 2.29. The van der Waals surface area contributed by atoms with Gasteiger partial charge in [0, 0.05) is 12.2 Å². The van der Waals surface area contributed by atoms with Crippen molar-refractivity contribution >= 4 is 21.7 Å². The van der Waals surface area contributed by atoms with E-state index in [2.05, 4.69) is 4.74 Å². The number of sulfonamides is 1. The molecule has 118 valence electrons. The Bertz CT molecular complexity index is 603. The van der Waals surface area contributed by atoms with Crippen molar-refractivity contribution in [3.8, 4) is 0 Å². The molecular formula is C14H22N2O4S. The number of ether oxygens (including phenoxy) is 1. The van der Waals surface area contributed by atoms with E-state index in [1.54, 1.807) is 26.0 Å². The second kappa shape index (κ2) is 6.91. The molecule has 0 atom stereocenters. The fourth-order valence-electron chi connectivity index (χ4n) is 2.26. The highest BCUT2D eigenvalue weighted by molar-refractivity contribution is 7.89. The zero-order valence-corrected chi connectivity index (χ0v) is 13.7. The molecule has 21 heavy (non-hydrogen) atoms. The number of rotatable bonds is 6. The van der Waals surface area contributed by atoms with E-state index in [0.717, 1.165) is 4.31 Å². The molecule has 0 saturated carbocycles. The van der Waals surface area contributed by atoms with Gasteiger partial charge in [0.25, 0.3) is 0 Å². The molecule has 2 N–H and O–H groups in total. The molecule has 0 aromatic heterocycles. The van der Waals surface area contributed by atoms with Gasteiger partial charge in [0.2, 0.25) is 10.0 Å². The molecule has 0 amide bonds. The van der Waals surface area contributed by atoms with Crippen molar-refractivity contribution in [2.75, 3.05) is 25.9 Å². The predicted octanol–water partition coefficient (Wildman–Crippen LogP) is 1.46. The van der Waals surface area contributed by atoms with Crippen LogP contribution in [-0.2, 0) is 19.6 Å². The van der Waals surface area contributed by atoms with Gasteiger partial charge in [0.15, 0.2) is 0 Å². The first-order valence-electron chi connectivity index (χ1n) is 6.67. The second-order valence-electron chi connectivity index (χ2n) is 4.90. The third kappa shape index (κ3) is 3.95. The van der Waals surface area contributed by atoms with Gasteiger partial charge in [-0.2, -0.15) is 4.31 Å². The Morgan fingerprint density at radius 3 is 2.24 bits per heavy atom. The van der Waals surface area contributed by atoms with Crippen LogP contribution in [0.25, 0.3) is 0 Å². The van der Waals surface area contributed by atoms with Gasteiger partial charge in [0.1, 0.15) is 6.54 Å². The van der Waals surface area contributed by atoms with E-state index >= 15 is 0 Å². The molecule has 0 aliphatic rings. The van der Waals surface area contributed by atoms with Gasteiger partial charge in [-0.3, -0.25) is 4.79 Å². The van der Waals surface area contributed by atoms with Crippen LogP contribution < -0.4 is 5.73 Å². The fourth-order valence-corrected chi connectivity index (χ4v) is 4.15. The number of methoxy groups -OCH3 is 1. The van der Waals surface area contributed by atoms with Crippen LogP contribution in [0.5, 0.6) is 0 Å². The average molecular weight is 314 g/mol. The van der Waals surface area contributed by atoms with E-state index in [-0.39, 0.29) is 18.0 Å². The maximum absolute atomic E-state index is 12.8. The molecule has 0 fully saturated rings. The Hall–Kier alpha value is -1.60. The summed E-state index contributed by atoms with van der Waals surface area (Å²) in [6.07, 6.45) is 0.600. The number of aryl methyl sites for hydroxylation is 2. The average Bonchev–Trinajstić information content (AvgIpc) is 2.36. The molecule has 0 aliphatic heterocycles. The van der Waals surface area contributed by atoms with Gasteiger partial charge < -0.3 is 10.5 Å². The van der Waals surface area contributed by atoms with Gasteiger partial charge in [-0.1, -0.05) is 6.92 Å². The Balaban J connectivity index is 3.32. The number of nitrogens with two attached hydrogens (primary N) is 1. The Morgan fingerprint density at radius 1 is 1.29 bits per heavy atom. The molecule has 7 heteroatoms.